The van der Waals surface area contributed by atoms with Gasteiger partial charge in [-0.3, -0.25) is 19.7 Å². The summed E-state index contributed by atoms with van der Waals surface area (Å²) in [6, 6.07) is 5.17. The summed E-state index contributed by atoms with van der Waals surface area (Å²) < 4.78 is 5.22. The molecule has 1 unspecified atom stereocenters. The van der Waals surface area contributed by atoms with E-state index in [-0.39, 0.29) is 23.7 Å². The van der Waals surface area contributed by atoms with Crippen molar-refractivity contribution >= 4 is 17.6 Å². The fourth-order valence-electron chi connectivity index (χ4n) is 2.61. The molecule has 1 amide bonds. The predicted octanol–water partition coefficient (Wildman–Crippen LogP) is 1.45. The zero-order chi connectivity index (χ0) is 16.8. The average Bonchev–Trinajstić information content (AvgIpc) is 2.55. The lowest BCUT2D eigenvalue weighted by atomic mass is 9.86. The van der Waals surface area contributed by atoms with E-state index in [4.69, 9.17) is 4.74 Å². The number of carboxylic acid groups (broad SMARTS) is 1. The van der Waals surface area contributed by atoms with Gasteiger partial charge in [0.05, 0.1) is 10.8 Å². The van der Waals surface area contributed by atoms with Gasteiger partial charge in [0.1, 0.15) is 0 Å². The lowest BCUT2D eigenvalue weighted by molar-refractivity contribution is -0.384. The molecule has 8 nitrogen and oxygen atoms in total. The molecule has 1 heterocycles. The summed E-state index contributed by atoms with van der Waals surface area (Å²) in [5.74, 6) is -2.08. The highest BCUT2D eigenvalue weighted by Gasteiger charge is 2.30. The number of nitrogens with zero attached hydrogens (tertiary/aromatic N) is 1. The molecule has 124 valence electrons. The number of nitro benzene ring substituents is 1. The van der Waals surface area contributed by atoms with Crippen molar-refractivity contribution in [3.05, 3.63) is 39.9 Å². The monoisotopic (exact) mass is 322 g/mol. The zero-order valence-corrected chi connectivity index (χ0v) is 12.4. The van der Waals surface area contributed by atoms with Gasteiger partial charge in [-0.15, -0.1) is 0 Å². The minimum atomic E-state index is -0.944. The number of rotatable bonds is 6. The number of aliphatic carboxylic acids is 1. The van der Waals surface area contributed by atoms with E-state index in [9.17, 15) is 24.8 Å². The number of carboxylic acids is 1. The number of carbonyl (C=O) groups is 2. The summed E-state index contributed by atoms with van der Waals surface area (Å²) in [4.78, 5) is 33.5. The van der Waals surface area contributed by atoms with Crippen LogP contribution in [-0.4, -0.2) is 41.7 Å². The first kappa shape index (κ1) is 16.9. The molecule has 0 aromatic heterocycles. The van der Waals surface area contributed by atoms with Crippen molar-refractivity contribution in [2.75, 3.05) is 19.8 Å². The smallest absolute Gasteiger partial charge is 0.308 e. The van der Waals surface area contributed by atoms with Gasteiger partial charge in [-0.25, -0.2) is 0 Å². The maximum atomic E-state index is 12.0. The summed E-state index contributed by atoms with van der Waals surface area (Å²) >= 11 is 0. The van der Waals surface area contributed by atoms with Crippen LogP contribution < -0.4 is 5.32 Å². The lowest BCUT2D eigenvalue weighted by Crippen LogP contribution is -2.38. The van der Waals surface area contributed by atoms with Gasteiger partial charge in [0.15, 0.2) is 0 Å². The summed E-state index contributed by atoms with van der Waals surface area (Å²) in [6.07, 6.45) is 1.31. The number of amides is 1. The number of benzene rings is 1. The highest BCUT2D eigenvalue weighted by molar-refractivity contribution is 5.94. The van der Waals surface area contributed by atoms with E-state index >= 15 is 0 Å². The Labute approximate surface area is 132 Å². The van der Waals surface area contributed by atoms with Crippen molar-refractivity contribution in [1.82, 2.24) is 5.32 Å². The second-order valence-corrected chi connectivity index (χ2v) is 5.41. The quantitative estimate of drug-likeness (QED) is 0.604. The van der Waals surface area contributed by atoms with Gasteiger partial charge in [0.2, 0.25) is 0 Å². The maximum Gasteiger partial charge on any atom is 0.308 e. The lowest BCUT2D eigenvalue weighted by Gasteiger charge is -2.27. The molecule has 0 aliphatic carbocycles. The van der Waals surface area contributed by atoms with E-state index in [1.165, 1.54) is 24.3 Å². The SMILES string of the molecule is O=C(NCC(C(=O)O)C1CCOCC1)c1ccc([N+](=O)[O-])cc1. The number of non-ortho nitro benzene ring substituents is 1. The maximum absolute atomic E-state index is 12.0. The van der Waals surface area contributed by atoms with E-state index in [1.807, 2.05) is 0 Å². The highest BCUT2D eigenvalue weighted by Crippen LogP contribution is 2.24. The summed E-state index contributed by atoms with van der Waals surface area (Å²) in [5, 5.41) is 22.5. The molecule has 1 saturated heterocycles. The van der Waals surface area contributed by atoms with Crippen molar-refractivity contribution in [2.24, 2.45) is 11.8 Å². The third kappa shape index (κ3) is 4.49. The largest absolute Gasteiger partial charge is 0.481 e. The molecular weight excluding hydrogens is 304 g/mol. The molecule has 1 aromatic rings. The Balaban J connectivity index is 1.95. The molecule has 1 aliphatic rings. The number of ether oxygens (including phenoxy) is 1. The molecular formula is C15H18N2O6. The standard InChI is InChI=1S/C15H18N2O6/c18-14(11-1-3-12(4-2-11)17(21)22)16-9-13(15(19)20)10-5-7-23-8-6-10/h1-4,10,13H,5-9H2,(H,16,18)(H,19,20). The third-order valence-corrected chi connectivity index (χ3v) is 3.98. The van der Waals surface area contributed by atoms with Crippen LogP contribution >= 0.6 is 0 Å². The van der Waals surface area contributed by atoms with Crippen molar-refractivity contribution in [3.8, 4) is 0 Å². The second kappa shape index (κ2) is 7.68. The fraction of sp³-hybridized carbons (Fsp3) is 0.467. The molecule has 1 fully saturated rings. The Kier molecular flexibility index (Phi) is 5.64. The van der Waals surface area contributed by atoms with Crippen LogP contribution in [0.15, 0.2) is 24.3 Å². The number of carbonyl (C=O) groups excluding carboxylic acids is 1. The van der Waals surface area contributed by atoms with Gasteiger partial charge < -0.3 is 15.2 Å². The molecule has 0 spiro atoms. The van der Waals surface area contributed by atoms with Gasteiger partial charge >= 0.3 is 5.97 Å². The number of hydrogen-bond acceptors (Lipinski definition) is 5. The van der Waals surface area contributed by atoms with Crippen molar-refractivity contribution < 1.29 is 24.4 Å². The van der Waals surface area contributed by atoms with Crippen LogP contribution in [0.3, 0.4) is 0 Å². The normalized spacial score (nSPS) is 16.5. The first-order chi connectivity index (χ1) is 11.0. The number of hydrogen-bond donors (Lipinski definition) is 2. The Morgan fingerprint density at radius 2 is 1.91 bits per heavy atom. The number of nitro groups is 1. The van der Waals surface area contributed by atoms with Crippen LogP contribution in [0.5, 0.6) is 0 Å². The van der Waals surface area contributed by atoms with Crippen LogP contribution in [0.2, 0.25) is 0 Å². The first-order valence-electron chi connectivity index (χ1n) is 7.32. The topological polar surface area (TPSA) is 119 Å². The van der Waals surface area contributed by atoms with Gasteiger partial charge in [-0.2, -0.15) is 0 Å². The molecule has 1 aliphatic heterocycles. The zero-order valence-electron chi connectivity index (χ0n) is 12.4. The Bertz CT molecular complexity index is 580. The van der Waals surface area contributed by atoms with Crippen LogP contribution in [-0.2, 0) is 9.53 Å². The molecule has 0 saturated carbocycles. The molecule has 8 heteroatoms. The minimum Gasteiger partial charge on any atom is -0.481 e. The molecule has 0 radical (unpaired) electrons. The van der Waals surface area contributed by atoms with Crippen LogP contribution in [0.1, 0.15) is 23.2 Å². The fourth-order valence-corrected chi connectivity index (χ4v) is 2.61. The summed E-state index contributed by atoms with van der Waals surface area (Å²) in [5.41, 5.74) is 0.152. The van der Waals surface area contributed by atoms with Gasteiger partial charge in [-0.05, 0) is 30.9 Å². The molecule has 1 atom stereocenters. The molecule has 1 aromatic carbocycles. The Hall–Kier alpha value is -2.48. The van der Waals surface area contributed by atoms with Gasteiger partial charge in [0, 0.05) is 37.5 Å². The highest BCUT2D eigenvalue weighted by atomic mass is 16.6. The van der Waals surface area contributed by atoms with Crippen molar-refractivity contribution in [1.29, 1.82) is 0 Å². The van der Waals surface area contributed by atoms with E-state index < -0.39 is 22.7 Å². The van der Waals surface area contributed by atoms with Gasteiger partial charge in [0.25, 0.3) is 11.6 Å². The van der Waals surface area contributed by atoms with Crippen LogP contribution in [0, 0.1) is 22.0 Å². The molecule has 2 rings (SSSR count). The second-order valence-electron chi connectivity index (χ2n) is 5.41. The first-order valence-corrected chi connectivity index (χ1v) is 7.32. The van der Waals surface area contributed by atoms with Crippen LogP contribution in [0.4, 0.5) is 5.69 Å². The number of nitrogens with one attached hydrogen (secondary N) is 1. The van der Waals surface area contributed by atoms with E-state index in [0.29, 0.717) is 26.1 Å². The Morgan fingerprint density at radius 1 is 1.30 bits per heavy atom. The summed E-state index contributed by atoms with van der Waals surface area (Å²) in [7, 11) is 0. The Morgan fingerprint density at radius 3 is 2.43 bits per heavy atom. The van der Waals surface area contributed by atoms with Gasteiger partial charge in [-0.1, -0.05) is 0 Å². The van der Waals surface area contributed by atoms with Crippen LogP contribution in [0.25, 0.3) is 0 Å². The van der Waals surface area contributed by atoms with Crippen molar-refractivity contribution in [2.45, 2.75) is 12.8 Å². The van der Waals surface area contributed by atoms with E-state index in [2.05, 4.69) is 5.32 Å². The van der Waals surface area contributed by atoms with E-state index in [1.54, 1.807) is 0 Å². The molecule has 2 N–H and O–H groups in total. The average molecular weight is 322 g/mol. The predicted molar refractivity (Wildman–Crippen MR) is 80.1 cm³/mol. The summed E-state index contributed by atoms with van der Waals surface area (Å²) in [6.45, 7) is 1.09. The third-order valence-electron chi connectivity index (χ3n) is 3.98. The molecule has 0 bridgehead atoms. The van der Waals surface area contributed by atoms with Crippen molar-refractivity contribution in [3.63, 3.8) is 0 Å². The minimum absolute atomic E-state index is 0.0236. The van der Waals surface area contributed by atoms with E-state index in [0.717, 1.165) is 0 Å². The molecule has 23 heavy (non-hydrogen) atoms.